The highest BCUT2D eigenvalue weighted by molar-refractivity contribution is 9.10. The van der Waals surface area contributed by atoms with Gasteiger partial charge in [-0.1, -0.05) is 57.9 Å². The van der Waals surface area contributed by atoms with Crippen molar-refractivity contribution >= 4 is 39.3 Å². The van der Waals surface area contributed by atoms with Crippen molar-refractivity contribution in [2.45, 2.75) is 25.4 Å². The Morgan fingerprint density at radius 2 is 1.74 bits per heavy atom. The molecule has 7 nitrogen and oxygen atoms in total. The second-order valence-electron chi connectivity index (χ2n) is 10.1. The summed E-state index contributed by atoms with van der Waals surface area (Å²) >= 11 is 10.1. The minimum Gasteiger partial charge on any atom is -0.492 e. The van der Waals surface area contributed by atoms with Gasteiger partial charge in [-0.2, -0.15) is 0 Å². The number of piperidine rings is 1. The van der Waals surface area contributed by atoms with Crippen LogP contribution in [0.2, 0.25) is 5.02 Å². The lowest BCUT2D eigenvalue weighted by atomic mass is 10.0. The number of nitrogens with one attached hydrogen (secondary N) is 1. The Hall–Kier alpha value is -2.65. The van der Waals surface area contributed by atoms with E-state index in [9.17, 15) is 4.79 Å². The number of benzene rings is 2. The standard InChI is InChI=1S/C30H35BrClN5O2.H2/c31-25-8-6-23(7-9-25)22-35-13-10-26(11-14-35)36-15-17-37(18-16-36)29-28(32)20-24(21-34-29)30(38)33-12-19-39-27-4-2-1-3-5-27;/h1-9,20-21,26H,10-19,22H2,(H,33,38);1H. The van der Waals surface area contributed by atoms with Gasteiger partial charge in [-0.3, -0.25) is 14.6 Å². The molecular formula is C30H37BrClN5O2. The second kappa shape index (κ2) is 13.6. The van der Waals surface area contributed by atoms with Gasteiger partial charge in [0.15, 0.2) is 0 Å². The zero-order valence-electron chi connectivity index (χ0n) is 22.1. The summed E-state index contributed by atoms with van der Waals surface area (Å²) in [4.78, 5) is 24.5. The number of nitrogens with zero attached hydrogens (tertiary/aromatic N) is 4. The minimum atomic E-state index is -0.205. The third-order valence-corrected chi connectivity index (χ3v) is 8.30. The molecule has 1 aromatic heterocycles. The Morgan fingerprint density at radius 3 is 2.44 bits per heavy atom. The van der Waals surface area contributed by atoms with Crippen LogP contribution in [0.1, 0.15) is 30.2 Å². The highest BCUT2D eigenvalue weighted by Crippen LogP contribution is 2.27. The largest absolute Gasteiger partial charge is 0.492 e. The van der Waals surface area contributed by atoms with E-state index in [1.165, 1.54) is 18.4 Å². The molecule has 0 unspecified atom stereocenters. The fourth-order valence-corrected chi connectivity index (χ4v) is 5.88. The maximum Gasteiger partial charge on any atom is 0.253 e. The first-order chi connectivity index (χ1) is 19.0. The van der Waals surface area contributed by atoms with E-state index in [1.54, 1.807) is 12.3 Å². The lowest BCUT2D eigenvalue weighted by Gasteiger charge is -2.43. The number of carbonyl (C=O) groups is 1. The number of ether oxygens (including phenoxy) is 1. The van der Waals surface area contributed by atoms with E-state index in [2.05, 4.69) is 65.2 Å². The van der Waals surface area contributed by atoms with Gasteiger partial charge >= 0.3 is 0 Å². The molecule has 208 valence electrons. The Labute approximate surface area is 245 Å². The molecule has 2 saturated heterocycles. The molecule has 3 aromatic rings. The van der Waals surface area contributed by atoms with Crippen LogP contribution in [-0.2, 0) is 6.54 Å². The molecule has 1 amide bonds. The number of piperazine rings is 1. The Bertz CT molecular complexity index is 1220. The number of halogens is 2. The number of rotatable bonds is 9. The Balaban J connectivity index is 0.00000370. The van der Waals surface area contributed by atoms with Crippen LogP contribution < -0.4 is 15.0 Å². The summed E-state index contributed by atoms with van der Waals surface area (Å²) in [6.07, 6.45) is 4.02. The van der Waals surface area contributed by atoms with Crippen molar-refractivity contribution in [2.24, 2.45) is 0 Å². The molecule has 0 bridgehead atoms. The average molecular weight is 615 g/mol. The number of aromatic nitrogens is 1. The van der Waals surface area contributed by atoms with Crippen molar-refractivity contribution in [1.29, 1.82) is 0 Å². The van der Waals surface area contributed by atoms with Gasteiger partial charge in [0, 0.05) is 50.9 Å². The molecule has 1 N–H and O–H groups in total. The summed E-state index contributed by atoms with van der Waals surface area (Å²) < 4.78 is 6.76. The van der Waals surface area contributed by atoms with Crippen LogP contribution in [0.3, 0.4) is 0 Å². The molecule has 0 radical (unpaired) electrons. The molecule has 39 heavy (non-hydrogen) atoms. The summed E-state index contributed by atoms with van der Waals surface area (Å²) in [5, 5.41) is 3.38. The third kappa shape index (κ3) is 7.72. The zero-order chi connectivity index (χ0) is 27.0. The first-order valence-corrected chi connectivity index (χ1v) is 14.8. The summed E-state index contributed by atoms with van der Waals surface area (Å²) in [5.74, 6) is 1.33. The number of hydrogen-bond donors (Lipinski definition) is 1. The quantitative estimate of drug-likeness (QED) is 0.329. The van der Waals surface area contributed by atoms with Gasteiger partial charge in [0.25, 0.3) is 5.91 Å². The number of carbonyl (C=O) groups excluding carboxylic acids is 1. The number of anilines is 1. The molecule has 2 aromatic carbocycles. The van der Waals surface area contributed by atoms with Crippen LogP contribution in [0.25, 0.3) is 0 Å². The first kappa shape index (κ1) is 27.9. The maximum absolute atomic E-state index is 12.6. The Kier molecular flexibility index (Phi) is 9.74. The predicted octanol–water partition coefficient (Wildman–Crippen LogP) is 5.34. The molecule has 0 spiro atoms. The highest BCUT2D eigenvalue weighted by atomic mass is 79.9. The van der Waals surface area contributed by atoms with Gasteiger partial charge in [-0.25, -0.2) is 4.98 Å². The van der Waals surface area contributed by atoms with E-state index in [0.29, 0.717) is 29.8 Å². The van der Waals surface area contributed by atoms with Crippen molar-refractivity contribution in [3.8, 4) is 5.75 Å². The molecule has 0 atom stereocenters. The third-order valence-electron chi connectivity index (χ3n) is 7.49. The van der Waals surface area contributed by atoms with Gasteiger partial charge in [-0.15, -0.1) is 0 Å². The van der Waals surface area contributed by atoms with E-state index in [1.807, 2.05) is 30.3 Å². The van der Waals surface area contributed by atoms with Crippen LogP contribution in [0, 0.1) is 0 Å². The highest BCUT2D eigenvalue weighted by Gasteiger charge is 2.28. The molecular weight excluding hydrogens is 578 g/mol. The number of para-hydroxylation sites is 1. The molecule has 5 rings (SSSR count). The average Bonchev–Trinajstić information content (AvgIpc) is 2.97. The van der Waals surface area contributed by atoms with E-state index in [0.717, 1.165) is 61.9 Å². The summed E-state index contributed by atoms with van der Waals surface area (Å²) in [7, 11) is 0. The second-order valence-corrected chi connectivity index (χ2v) is 11.4. The van der Waals surface area contributed by atoms with Crippen molar-refractivity contribution in [3.63, 3.8) is 0 Å². The summed E-state index contributed by atoms with van der Waals surface area (Å²) in [6, 6.07) is 20.5. The predicted molar refractivity (Wildman–Crippen MR) is 162 cm³/mol. The molecule has 3 heterocycles. The molecule has 2 fully saturated rings. The Morgan fingerprint density at radius 1 is 1.03 bits per heavy atom. The normalized spacial score (nSPS) is 17.2. The van der Waals surface area contributed by atoms with Crippen molar-refractivity contribution in [2.75, 3.05) is 57.3 Å². The number of amides is 1. The smallest absolute Gasteiger partial charge is 0.253 e. The van der Waals surface area contributed by atoms with E-state index in [-0.39, 0.29) is 7.33 Å². The summed E-state index contributed by atoms with van der Waals surface area (Å²) in [5.41, 5.74) is 1.83. The maximum atomic E-state index is 12.6. The van der Waals surface area contributed by atoms with Crippen LogP contribution in [0.5, 0.6) is 5.75 Å². The van der Waals surface area contributed by atoms with Crippen LogP contribution in [-0.4, -0.2) is 79.2 Å². The van der Waals surface area contributed by atoms with E-state index < -0.39 is 0 Å². The molecule has 2 aliphatic heterocycles. The van der Waals surface area contributed by atoms with Crippen molar-refractivity contribution < 1.29 is 11.0 Å². The van der Waals surface area contributed by atoms with Gasteiger partial charge in [0.1, 0.15) is 18.2 Å². The van der Waals surface area contributed by atoms with Gasteiger partial charge in [0.2, 0.25) is 0 Å². The minimum absolute atomic E-state index is 0. The van der Waals surface area contributed by atoms with Gasteiger partial charge in [-0.05, 0) is 61.8 Å². The van der Waals surface area contributed by atoms with Gasteiger partial charge < -0.3 is 15.0 Å². The fraction of sp³-hybridized carbons (Fsp3) is 0.400. The lowest BCUT2D eigenvalue weighted by Crippen LogP contribution is -2.53. The number of pyridine rings is 1. The molecule has 0 saturated carbocycles. The van der Waals surface area contributed by atoms with Crippen molar-refractivity contribution in [3.05, 3.63) is 87.5 Å². The topological polar surface area (TPSA) is 60.9 Å². The zero-order valence-corrected chi connectivity index (χ0v) is 24.4. The molecule has 2 aliphatic rings. The SMILES string of the molecule is O=C(NCCOc1ccccc1)c1cnc(N2CCN(C3CCN(Cc4ccc(Br)cc4)CC3)CC2)c(Cl)c1.[HH]. The van der Waals surface area contributed by atoms with E-state index >= 15 is 0 Å². The fourth-order valence-electron chi connectivity index (χ4n) is 5.33. The number of likely N-dealkylation sites (tertiary alicyclic amines) is 1. The lowest BCUT2D eigenvalue weighted by molar-refractivity contribution is 0.0946. The van der Waals surface area contributed by atoms with E-state index in [4.69, 9.17) is 16.3 Å². The van der Waals surface area contributed by atoms with Crippen LogP contribution in [0.15, 0.2) is 71.3 Å². The van der Waals surface area contributed by atoms with Crippen molar-refractivity contribution in [1.82, 2.24) is 20.1 Å². The molecule has 0 aliphatic carbocycles. The van der Waals surface area contributed by atoms with Crippen LogP contribution in [0.4, 0.5) is 5.82 Å². The van der Waals surface area contributed by atoms with Crippen LogP contribution >= 0.6 is 27.5 Å². The first-order valence-electron chi connectivity index (χ1n) is 13.6. The monoisotopic (exact) mass is 613 g/mol. The number of hydrogen-bond acceptors (Lipinski definition) is 6. The summed E-state index contributed by atoms with van der Waals surface area (Å²) in [6.45, 7) is 7.85. The van der Waals surface area contributed by atoms with Gasteiger partial charge in [0.05, 0.1) is 17.1 Å². The molecule has 9 heteroatoms.